The average molecular weight is 164 g/mol. The summed E-state index contributed by atoms with van der Waals surface area (Å²) < 4.78 is 5.40. The van der Waals surface area contributed by atoms with Crippen LogP contribution in [0.2, 0.25) is 0 Å². The predicted octanol–water partition coefficient (Wildman–Crippen LogP) is 1.51. The van der Waals surface area contributed by atoms with Crippen LogP contribution in [0.4, 0.5) is 0 Å². The van der Waals surface area contributed by atoms with Gasteiger partial charge in [0.05, 0.1) is 12.7 Å². The molecular formula is C10H12O2. The van der Waals surface area contributed by atoms with Gasteiger partial charge in [-0.3, -0.25) is 0 Å². The van der Waals surface area contributed by atoms with Crippen molar-refractivity contribution in [2.75, 3.05) is 6.61 Å². The summed E-state index contributed by atoms with van der Waals surface area (Å²) in [5, 5.41) is 9.52. The topological polar surface area (TPSA) is 29.5 Å². The van der Waals surface area contributed by atoms with E-state index in [9.17, 15) is 5.11 Å². The Labute approximate surface area is 71.8 Å². The molecule has 1 aromatic rings. The first-order valence-electron chi connectivity index (χ1n) is 4.22. The van der Waals surface area contributed by atoms with Crippen molar-refractivity contribution in [1.29, 1.82) is 0 Å². The van der Waals surface area contributed by atoms with Crippen molar-refractivity contribution >= 4 is 0 Å². The van der Waals surface area contributed by atoms with Crippen molar-refractivity contribution in [3.63, 3.8) is 0 Å². The van der Waals surface area contributed by atoms with E-state index in [1.165, 1.54) is 0 Å². The molecule has 0 aromatic heterocycles. The lowest BCUT2D eigenvalue weighted by Gasteiger charge is -2.13. The third kappa shape index (κ3) is 1.36. The maximum absolute atomic E-state index is 9.52. The van der Waals surface area contributed by atoms with Gasteiger partial charge in [0.1, 0.15) is 6.10 Å². The van der Waals surface area contributed by atoms with Crippen LogP contribution in [0, 0.1) is 0 Å². The van der Waals surface area contributed by atoms with Crippen molar-refractivity contribution in [1.82, 2.24) is 0 Å². The third-order valence-corrected chi connectivity index (χ3v) is 2.19. The normalized spacial score (nSPS) is 29.1. The molecule has 1 aliphatic rings. The Morgan fingerprint density at radius 1 is 1.25 bits per heavy atom. The van der Waals surface area contributed by atoms with Gasteiger partial charge in [-0.15, -0.1) is 0 Å². The molecule has 1 fully saturated rings. The quantitative estimate of drug-likeness (QED) is 0.681. The number of benzene rings is 1. The Balaban J connectivity index is 2.19. The fourth-order valence-electron chi connectivity index (χ4n) is 1.54. The molecule has 1 aliphatic heterocycles. The zero-order valence-corrected chi connectivity index (χ0v) is 6.81. The summed E-state index contributed by atoms with van der Waals surface area (Å²) >= 11 is 0. The highest BCUT2D eigenvalue weighted by atomic mass is 16.5. The molecule has 0 radical (unpaired) electrons. The summed E-state index contributed by atoms with van der Waals surface area (Å²) in [5.74, 6) is 0. The van der Waals surface area contributed by atoms with E-state index in [1.54, 1.807) is 0 Å². The molecule has 2 nitrogen and oxygen atoms in total. The molecular weight excluding hydrogens is 152 g/mol. The van der Waals surface area contributed by atoms with Gasteiger partial charge in [-0.05, 0) is 12.0 Å². The van der Waals surface area contributed by atoms with Gasteiger partial charge in [-0.1, -0.05) is 30.3 Å². The Hall–Kier alpha value is -0.860. The largest absolute Gasteiger partial charge is 0.390 e. The van der Waals surface area contributed by atoms with Gasteiger partial charge >= 0.3 is 0 Å². The molecule has 0 saturated carbocycles. The molecule has 12 heavy (non-hydrogen) atoms. The Morgan fingerprint density at radius 3 is 2.58 bits per heavy atom. The molecule has 1 aromatic carbocycles. The van der Waals surface area contributed by atoms with Crippen LogP contribution in [-0.4, -0.2) is 17.8 Å². The van der Waals surface area contributed by atoms with Crippen LogP contribution >= 0.6 is 0 Å². The monoisotopic (exact) mass is 164 g/mol. The van der Waals surface area contributed by atoms with Gasteiger partial charge in [0, 0.05) is 0 Å². The van der Waals surface area contributed by atoms with E-state index < -0.39 is 0 Å². The summed E-state index contributed by atoms with van der Waals surface area (Å²) in [4.78, 5) is 0. The fourth-order valence-corrected chi connectivity index (χ4v) is 1.54. The van der Waals surface area contributed by atoms with Crippen LogP contribution in [0.15, 0.2) is 30.3 Å². The van der Waals surface area contributed by atoms with Crippen LogP contribution in [0.3, 0.4) is 0 Å². The average Bonchev–Trinajstić information content (AvgIpc) is 2.53. The highest BCUT2D eigenvalue weighted by Crippen LogP contribution is 2.28. The van der Waals surface area contributed by atoms with Crippen LogP contribution in [0.1, 0.15) is 18.1 Å². The lowest BCUT2D eigenvalue weighted by atomic mass is 10.1. The first kappa shape index (κ1) is 7.77. The van der Waals surface area contributed by atoms with E-state index in [4.69, 9.17) is 4.74 Å². The van der Waals surface area contributed by atoms with Gasteiger partial charge in [0.25, 0.3) is 0 Å². The minimum atomic E-state index is -0.326. The number of ether oxygens (including phenoxy) is 1. The molecule has 64 valence electrons. The second-order valence-corrected chi connectivity index (χ2v) is 3.06. The molecule has 1 saturated heterocycles. The molecule has 0 bridgehead atoms. The van der Waals surface area contributed by atoms with Gasteiger partial charge in [0.2, 0.25) is 0 Å². The van der Waals surface area contributed by atoms with Crippen LogP contribution in [0.5, 0.6) is 0 Å². The maximum Gasteiger partial charge on any atom is 0.108 e. The summed E-state index contributed by atoms with van der Waals surface area (Å²) in [6.07, 6.45) is 0.318. The third-order valence-electron chi connectivity index (χ3n) is 2.19. The van der Waals surface area contributed by atoms with Crippen LogP contribution in [-0.2, 0) is 4.74 Å². The smallest absolute Gasteiger partial charge is 0.108 e. The van der Waals surface area contributed by atoms with Crippen LogP contribution < -0.4 is 0 Å². The first-order chi connectivity index (χ1) is 5.88. The number of aliphatic hydroxyl groups is 1. The first-order valence-corrected chi connectivity index (χ1v) is 4.22. The van der Waals surface area contributed by atoms with E-state index in [1.807, 2.05) is 30.3 Å². The Bertz CT molecular complexity index is 245. The van der Waals surface area contributed by atoms with E-state index in [2.05, 4.69) is 0 Å². The molecule has 1 heterocycles. The SMILES string of the molecule is O[C@@H]1CCO[C@H]1c1ccccc1. The van der Waals surface area contributed by atoms with Gasteiger partial charge in [-0.25, -0.2) is 0 Å². The van der Waals surface area contributed by atoms with Gasteiger partial charge in [0.15, 0.2) is 0 Å². The summed E-state index contributed by atoms with van der Waals surface area (Å²) in [7, 11) is 0. The highest BCUT2D eigenvalue weighted by molar-refractivity contribution is 5.19. The zero-order valence-electron chi connectivity index (χ0n) is 6.81. The highest BCUT2D eigenvalue weighted by Gasteiger charge is 2.27. The molecule has 2 atom stereocenters. The van der Waals surface area contributed by atoms with Crippen molar-refractivity contribution in [2.24, 2.45) is 0 Å². The van der Waals surface area contributed by atoms with Crippen LogP contribution in [0.25, 0.3) is 0 Å². The maximum atomic E-state index is 9.52. The van der Waals surface area contributed by atoms with Crippen molar-refractivity contribution < 1.29 is 9.84 Å². The van der Waals surface area contributed by atoms with E-state index in [-0.39, 0.29) is 12.2 Å². The lowest BCUT2D eigenvalue weighted by Crippen LogP contribution is -2.11. The minimum Gasteiger partial charge on any atom is -0.390 e. The molecule has 0 unspecified atom stereocenters. The van der Waals surface area contributed by atoms with E-state index >= 15 is 0 Å². The molecule has 2 rings (SSSR count). The molecule has 0 aliphatic carbocycles. The predicted molar refractivity (Wildman–Crippen MR) is 45.8 cm³/mol. The zero-order chi connectivity index (χ0) is 8.39. The number of aliphatic hydroxyl groups excluding tert-OH is 1. The second-order valence-electron chi connectivity index (χ2n) is 3.06. The summed E-state index contributed by atoms with van der Waals surface area (Å²) in [6, 6.07) is 9.86. The van der Waals surface area contributed by atoms with Crippen molar-refractivity contribution in [2.45, 2.75) is 18.6 Å². The molecule has 0 spiro atoms. The second kappa shape index (κ2) is 3.25. The summed E-state index contributed by atoms with van der Waals surface area (Å²) in [6.45, 7) is 0.667. The van der Waals surface area contributed by atoms with E-state index in [0.29, 0.717) is 6.61 Å². The molecule has 1 N–H and O–H groups in total. The molecule has 0 amide bonds. The van der Waals surface area contributed by atoms with Crippen molar-refractivity contribution in [3.8, 4) is 0 Å². The standard InChI is InChI=1S/C10H12O2/c11-9-6-7-12-10(9)8-4-2-1-3-5-8/h1-5,9-11H,6-7H2/t9-,10+/m1/s1. The fraction of sp³-hybridized carbons (Fsp3) is 0.400. The van der Waals surface area contributed by atoms with Gasteiger partial charge in [-0.2, -0.15) is 0 Å². The Morgan fingerprint density at radius 2 is 2.00 bits per heavy atom. The number of hydrogen-bond donors (Lipinski definition) is 1. The summed E-state index contributed by atoms with van der Waals surface area (Å²) in [5.41, 5.74) is 1.07. The number of hydrogen-bond acceptors (Lipinski definition) is 2. The molecule has 2 heteroatoms. The Kier molecular flexibility index (Phi) is 2.11. The minimum absolute atomic E-state index is 0.105. The van der Waals surface area contributed by atoms with E-state index in [0.717, 1.165) is 12.0 Å². The van der Waals surface area contributed by atoms with Crippen molar-refractivity contribution in [3.05, 3.63) is 35.9 Å². The van der Waals surface area contributed by atoms with Gasteiger partial charge < -0.3 is 9.84 Å². The lowest BCUT2D eigenvalue weighted by molar-refractivity contribution is 0.0418. The number of rotatable bonds is 1.